The maximum Gasteiger partial charge on any atom is 0.0270 e. The Morgan fingerprint density at radius 2 is 1.58 bits per heavy atom. The third kappa shape index (κ3) is 1.67. The minimum absolute atomic E-state index is 0.261. The van der Waals surface area contributed by atoms with Gasteiger partial charge in [0.2, 0.25) is 0 Å². The van der Waals surface area contributed by atoms with Gasteiger partial charge < -0.3 is 0 Å². The summed E-state index contributed by atoms with van der Waals surface area (Å²) in [5.74, 6) is 3.36. The molecule has 70 valence electrons. The molecule has 0 spiro atoms. The van der Waals surface area contributed by atoms with Gasteiger partial charge in [0.25, 0.3) is 0 Å². The molecule has 0 saturated heterocycles. The zero-order valence-corrected chi connectivity index (χ0v) is 8.42. The lowest BCUT2D eigenvalue weighted by atomic mass is 9.65. The van der Waals surface area contributed by atoms with Crippen molar-refractivity contribution >= 4 is 0 Å². The number of hydrogen-bond acceptors (Lipinski definition) is 0. The second-order valence-electron chi connectivity index (χ2n) is 5.15. The topological polar surface area (TPSA) is 0 Å². The van der Waals surface area contributed by atoms with Gasteiger partial charge in [-0.05, 0) is 49.3 Å². The van der Waals surface area contributed by atoms with Gasteiger partial charge in [-0.3, -0.25) is 0 Å². The van der Waals surface area contributed by atoms with Crippen LogP contribution in [0.2, 0.25) is 0 Å². The van der Waals surface area contributed by atoms with Crippen LogP contribution in [-0.2, 0) is 0 Å². The molecule has 0 nitrogen and oxygen atoms in total. The Morgan fingerprint density at radius 1 is 0.917 bits per heavy atom. The normalized spacial score (nSPS) is 55.8. The van der Waals surface area contributed by atoms with Crippen LogP contribution in [0.15, 0.2) is 0 Å². The molecular weight excluding hydrogens is 144 g/mol. The van der Waals surface area contributed by atoms with Crippen LogP contribution in [0, 0.1) is 23.7 Å². The van der Waals surface area contributed by atoms with Crippen molar-refractivity contribution in [3.05, 3.63) is 0 Å². The highest BCUT2D eigenvalue weighted by atomic mass is 14.4. The summed E-state index contributed by atoms with van der Waals surface area (Å²) in [7, 11) is 0. The smallest absolute Gasteiger partial charge is 0.0270 e. The number of fused-ring (bicyclic) bond motifs is 1. The van der Waals surface area contributed by atoms with E-state index in [1.54, 1.807) is 0 Å². The first kappa shape index (κ1) is 7.41. The maximum absolute atomic E-state index is 8.12. The van der Waals surface area contributed by atoms with Gasteiger partial charge in [-0.25, -0.2) is 0 Å². The molecule has 5 unspecified atom stereocenters. The molecule has 0 aromatic carbocycles. The number of rotatable bonds is 0. The predicted octanol–water partition coefficient (Wildman–Crippen LogP) is 3.86. The van der Waals surface area contributed by atoms with Crippen molar-refractivity contribution in [2.24, 2.45) is 23.7 Å². The molecule has 0 aliphatic heterocycles. The Kier molecular flexibility index (Phi) is 2.10. The first-order chi connectivity index (χ1) is 6.16. The molecule has 2 rings (SSSR count). The second-order valence-corrected chi connectivity index (χ2v) is 5.15. The summed E-state index contributed by atoms with van der Waals surface area (Å²) in [6.07, 6.45) is 7.00. The number of hydrogen-bond donors (Lipinski definition) is 0. The van der Waals surface area contributed by atoms with Crippen LogP contribution in [0.25, 0.3) is 0 Å². The molecule has 0 heterocycles. The van der Waals surface area contributed by atoms with E-state index in [-0.39, 0.29) is 6.40 Å². The highest BCUT2D eigenvalue weighted by molar-refractivity contribution is 4.83. The van der Waals surface area contributed by atoms with Gasteiger partial charge in [-0.1, -0.05) is 26.7 Å². The summed E-state index contributed by atoms with van der Waals surface area (Å²) in [6.45, 7) is 4.69. The lowest BCUT2D eigenvalue weighted by Crippen LogP contribution is -2.29. The fourth-order valence-electron chi connectivity index (χ4n) is 3.09. The van der Waals surface area contributed by atoms with Crippen molar-refractivity contribution < 1.29 is 1.37 Å². The summed E-state index contributed by atoms with van der Waals surface area (Å²) in [4.78, 5) is 0. The molecule has 5 atom stereocenters. The molecule has 2 aliphatic carbocycles. The first-order valence-electron chi connectivity index (χ1n) is 6.16. The SMILES string of the molecule is [2H]C1CC(C)CC2CCC(C)CC12. The quantitative estimate of drug-likeness (QED) is 0.514. The molecule has 2 saturated carbocycles. The van der Waals surface area contributed by atoms with Gasteiger partial charge in [0.15, 0.2) is 0 Å². The molecular formula is C12H22. The van der Waals surface area contributed by atoms with Crippen molar-refractivity contribution in [2.45, 2.75) is 52.3 Å². The molecule has 0 N–H and O–H groups in total. The maximum atomic E-state index is 8.12. The van der Waals surface area contributed by atoms with Gasteiger partial charge in [0, 0.05) is 1.37 Å². The molecule has 2 aliphatic rings. The van der Waals surface area contributed by atoms with E-state index in [9.17, 15) is 0 Å². The van der Waals surface area contributed by atoms with E-state index in [0.29, 0.717) is 0 Å². The van der Waals surface area contributed by atoms with E-state index in [0.717, 1.165) is 30.1 Å². The molecule has 0 radical (unpaired) electrons. The largest absolute Gasteiger partial charge is 0.0625 e. The van der Waals surface area contributed by atoms with Crippen LogP contribution >= 0.6 is 0 Å². The van der Waals surface area contributed by atoms with Crippen molar-refractivity contribution in [1.29, 1.82) is 0 Å². The third-order valence-electron chi connectivity index (χ3n) is 3.86. The van der Waals surface area contributed by atoms with Gasteiger partial charge >= 0.3 is 0 Å². The molecule has 0 amide bonds. The van der Waals surface area contributed by atoms with Gasteiger partial charge in [0.1, 0.15) is 0 Å². The molecule has 0 aromatic rings. The monoisotopic (exact) mass is 167 g/mol. The van der Waals surface area contributed by atoms with Crippen molar-refractivity contribution in [1.82, 2.24) is 0 Å². The van der Waals surface area contributed by atoms with Crippen LogP contribution in [0.3, 0.4) is 0 Å². The average molecular weight is 167 g/mol. The second kappa shape index (κ2) is 3.40. The Hall–Kier alpha value is 0. The van der Waals surface area contributed by atoms with Gasteiger partial charge in [-0.2, -0.15) is 0 Å². The molecule has 0 heteroatoms. The Labute approximate surface area is 78.1 Å². The standard InChI is InChI=1S/C12H22/c1-9-3-5-12-8-10(2)4-6-11(12)7-9/h9-12H,3-8H2,1-2H3/i5D. The van der Waals surface area contributed by atoms with Crippen LogP contribution in [0.1, 0.15) is 53.7 Å². The summed E-state index contributed by atoms with van der Waals surface area (Å²) in [5.41, 5.74) is 0. The van der Waals surface area contributed by atoms with E-state index < -0.39 is 0 Å². The van der Waals surface area contributed by atoms with Crippen molar-refractivity contribution in [3.8, 4) is 0 Å². The molecule has 0 aromatic heterocycles. The third-order valence-corrected chi connectivity index (χ3v) is 3.86. The summed E-state index contributed by atoms with van der Waals surface area (Å²) in [6, 6.07) is 0. The molecule has 12 heavy (non-hydrogen) atoms. The van der Waals surface area contributed by atoms with E-state index in [2.05, 4.69) is 13.8 Å². The van der Waals surface area contributed by atoms with E-state index in [4.69, 9.17) is 1.37 Å². The average Bonchev–Trinajstić information content (AvgIpc) is 2.06. The van der Waals surface area contributed by atoms with Crippen LogP contribution in [0.5, 0.6) is 0 Å². The van der Waals surface area contributed by atoms with Crippen LogP contribution < -0.4 is 0 Å². The van der Waals surface area contributed by atoms with Crippen LogP contribution in [0.4, 0.5) is 0 Å². The van der Waals surface area contributed by atoms with Gasteiger partial charge in [0.05, 0.1) is 0 Å². The van der Waals surface area contributed by atoms with E-state index >= 15 is 0 Å². The Balaban J connectivity index is 2.02. The van der Waals surface area contributed by atoms with Crippen molar-refractivity contribution in [3.63, 3.8) is 0 Å². The molecule has 2 fully saturated rings. The zero-order chi connectivity index (χ0) is 9.42. The first-order valence-corrected chi connectivity index (χ1v) is 5.59. The fourth-order valence-corrected chi connectivity index (χ4v) is 3.09. The highest BCUT2D eigenvalue weighted by Crippen LogP contribution is 2.44. The minimum atomic E-state index is 0.261. The highest BCUT2D eigenvalue weighted by Gasteiger charge is 2.32. The van der Waals surface area contributed by atoms with E-state index in [1.807, 2.05) is 0 Å². The summed E-state index contributed by atoms with van der Waals surface area (Å²) in [5, 5.41) is 0. The van der Waals surface area contributed by atoms with E-state index in [1.165, 1.54) is 25.7 Å². The fraction of sp³-hybridized carbons (Fsp3) is 1.00. The lowest BCUT2D eigenvalue weighted by molar-refractivity contribution is 0.109. The minimum Gasteiger partial charge on any atom is -0.0625 e. The van der Waals surface area contributed by atoms with Crippen LogP contribution in [-0.4, -0.2) is 0 Å². The summed E-state index contributed by atoms with van der Waals surface area (Å²) < 4.78 is 8.12. The predicted molar refractivity (Wildman–Crippen MR) is 53.0 cm³/mol. The van der Waals surface area contributed by atoms with Gasteiger partial charge in [-0.15, -0.1) is 0 Å². The Bertz CT molecular complexity index is 178. The summed E-state index contributed by atoms with van der Waals surface area (Å²) >= 11 is 0. The Morgan fingerprint density at radius 3 is 2.42 bits per heavy atom. The molecule has 0 bridgehead atoms. The zero-order valence-electron chi connectivity index (χ0n) is 9.42. The van der Waals surface area contributed by atoms with Crippen molar-refractivity contribution in [2.75, 3.05) is 0 Å². The lowest BCUT2D eigenvalue weighted by Gasteiger charge is -2.40.